The molecule has 1 aromatic carbocycles. The van der Waals surface area contributed by atoms with E-state index in [1.165, 1.54) is 13.1 Å². The molecule has 0 spiro atoms. The molecule has 0 unspecified atom stereocenters. The second kappa shape index (κ2) is 8.32. The van der Waals surface area contributed by atoms with Crippen LogP contribution in [0.2, 0.25) is 5.02 Å². The monoisotopic (exact) mass is 389 g/mol. The minimum absolute atomic E-state index is 0.0519. The number of carbonyl (C=O) groups is 1. The molecule has 0 bridgehead atoms. The molecule has 1 aromatic heterocycles. The first-order valence-corrected chi connectivity index (χ1v) is 8.94. The lowest BCUT2D eigenvalue weighted by Gasteiger charge is -2.35. The van der Waals surface area contributed by atoms with Gasteiger partial charge in [-0.25, -0.2) is 0 Å². The van der Waals surface area contributed by atoms with Crippen molar-refractivity contribution in [3.8, 4) is 0 Å². The zero-order valence-electron chi connectivity index (χ0n) is 14.9. The van der Waals surface area contributed by atoms with Gasteiger partial charge in [0.2, 0.25) is 0 Å². The maximum absolute atomic E-state index is 11.7. The first-order valence-electron chi connectivity index (χ1n) is 8.56. The second-order valence-corrected chi connectivity index (χ2v) is 6.71. The molecule has 142 valence electrons. The summed E-state index contributed by atoms with van der Waals surface area (Å²) in [7, 11) is 1.50. The molecule has 9 heteroatoms. The number of benzene rings is 1. The Morgan fingerprint density at radius 2 is 2.00 bits per heavy atom. The fourth-order valence-electron chi connectivity index (χ4n) is 3.10. The van der Waals surface area contributed by atoms with Gasteiger partial charge in [-0.15, -0.1) is 0 Å². The number of hydrogen-bond acceptors (Lipinski definition) is 6. The fraction of sp³-hybridized carbons (Fsp3) is 0.333. The first-order chi connectivity index (χ1) is 13.0. The number of amides is 1. The number of nitro groups is 1. The topological polar surface area (TPSA) is 91.6 Å². The van der Waals surface area contributed by atoms with Crippen LogP contribution < -0.4 is 10.2 Å². The van der Waals surface area contributed by atoms with Gasteiger partial charge in [0, 0.05) is 57.6 Å². The summed E-state index contributed by atoms with van der Waals surface area (Å²) < 4.78 is 0. The SMILES string of the molecule is CNC(=O)c1ccc(N2CCN(Cc3ccc(Cl)cn3)CC2)c([N+](=O)[O-])c1. The molecule has 1 saturated heterocycles. The Bertz CT molecular complexity index is 835. The molecule has 1 aliphatic heterocycles. The minimum Gasteiger partial charge on any atom is -0.363 e. The summed E-state index contributed by atoms with van der Waals surface area (Å²) in [6, 6.07) is 8.32. The van der Waals surface area contributed by atoms with E-state index in [4.69, 9.17) is 11.6 Å². The van der Waals surface area contributed by atoms with Gasteiger partial charge in [-0.3, -0.25) is 24.8 Å². The van der Waals surface area contributed by atoms with E-state index in [1.54, 1.807) is 18.3 Å². The third-order valence-corrected chi connectivity index (χ3v) is 4.77. The van der Waals surface area contributed by atoms with E-state index < -0.39 is 4.92 Å². The van der Waals surface area contributed by atoms with Gasteiger partial charge in [-0.2, -0.15) is 0 Å². The van der Waals surface area contributed by atoms with Crippen molar-refractivity contribution in [2.24, 2.45) is 0 Å². The number of carbonyl (C=O) groups excluding carboxylic acids is 1. The van der Waals surface area contributed by atoms with Crippen LogP contribution in [0.25, 0.3) is 0 Å². The second-order valence-electron chi connectivity index (χ2n) is 6.27. The van der Waals surface area contributed by atoms with Gasteiger partial charge in [-0.05, 0) is 24.3 Å². The number of rotatable bonds is 5. The Hall–Kier alpha value is -2.71. The van der Waals surface area contributed by atoms with Crippen molar-refractivity contribution in [2.75, 3.05) is 38.1 Å². The van der Waals surface area contributed by atoms with E-state index >= 15 is 0 Å². The Balaban J connectivity index is 1.69. The van der Waals surface area contributed by atoms with Gasteiger partial charge in [0.15, 0.2) is 0 Å². The molecule has 2 heterocycles. The van der Waals surface area contributed by atoms with Crippen LogP contribution >= 0.6 is 11.6 Å². The maximum atomic E-state index is 11.7. The molecule has 3 rings (SSSR count). The van der Waals surface area contributed by atoms with E-state index in [-0.39, 0.29) is 17.2 Å². The molecule has 27 heavy (non-hydrogen) atoms. The standard InChI is InChI=1S/C18H20ClN5O3/c1-20-18(25)13-2-5-16(17(10-13)24(26)27)23-8-6-22(7-9-23)12-15-4-3-14(19)11-21-15/h2-5,10-11H,6-9,12H2,1H3,(H,20,25). The van der Waals surface area contributed by atoms with Gasteiger partial charge in [-0.1, -0.05) is 11.6 Å². The van der Waals surface area contributed by atoms with E-state index in [2.05, 4.69) is 15.2 Å². The highest BCUT2D eigenvalue weighted by molar-refractivity contribution is 6.30. The molecular weight excluding hydrogens is 370 g/mol. The summed E-state index contributed by atoms with van der Waals surface area (Å²) in [6.45, 7) is 3.56. The van der Waals surface area contributed by atoms with E-state index in [0.29, 0.717) is 30.3 Å². The van der Waals surface area contributed by atoms with Crippen molar-refractivity contribution in [1.29, 1.82) is 0 Å². The number of pyridine rings is 1. The predicted molar refractivity (Wildman–Crippen MR) is 103 cm³/mol. The first kappa shape index (κ1) is 19.1. The highest BCUT2D eigenvalue weighted by atomic mass is 35.5. The highest BCUT2D eigenvalue weighted by Crippen LogP contribution is 2.30. The summed E-state index contributed by atoms with van der Waals surface area (Å²) in [6.07, 6.45) is 1.63. The highest BCUT2D eigenvalue weighted by Gasteiger charge is 2.25. The summed E-state index contributed by atoms with van der Waals surface area (Å²) in [5.74, 6) is -0.343. The van der Waals surface area contributed by atoms with Crippen LogP contribution in [0.1, 0.15) is 16.1 Å². The van der Waals surface area contributed by atoms with Crippen LogP contribution in [0.5, 0.6) is 0 Å². The van der Waals surface area contributed by atoms with Crippen molar-refractivity contribution < 1.29 is 9.72 Å². The molecule has 0 aliphatic carbocycles. The lowest BCUT2D eigenvalue weighted by atomic mass is 10.1. The van der Waals surface area contributed by atoms with Gasteiger partial charge < -0.3 is 10.2 Å². The van der Waals surface area contributed by atoms with Crippen molar-refractivity contribution in [1.82, 2.24) is 15.2 Å². The zero-order valence-corrected chi connectivity index (χ0v) is 15.6. The van der Waals surface area contributed by atoms with E-state index in [1.807, 2.05) is 17.0 Å². The lowest BCUT2D eigenvalue weighted by Crippen LogP contribution is -2.46. The van der Waals surface area contributed by atoms with E-state index in [9.17, 15) is 14.9 Å². The molecule has 1 fully saturated rings. The van der Waals surface area contributed by atoms with Crippen LogP contribution in [-0.4, -0.2) is 53.9 Å². The smallest absolute Gasteiger partial charge is 0.293 e. The molecule has 2 aromatic rings. The summed E-state index contributed by atoms with van der Waals surface area (Å²) >= 11 is 5.86. The van der Waals surface area contributed by atoms with Gasteiger partial charge in [0.25, 0.3) is 11.6 Å². The number of aromatic nitrogens is 1. The minimum atomic E-state index is -0.439. The summed E-state index contributed by atoms with van der Waals surface area (Å²) in [4.78, 5) is 31.3. The number of nitrogens with one attached hydrogen (secondary N) is 1. The van der Waals surface area contributed by atoms with Crippen LogP contribution in [-0.2, 0) is 6.54 Å². The van der Waals surface area contributed by atoms with Crippen molar-refractivity contribution >= 4 is 28.9 Å². The van der Waals surface area contributed by atoms with Crippen LogP contribution in [0, 0.1) is 10.1 Å². The molecule has 8 nitrogen and oxygen atoms in total. The van der Waals surface area contributed by atoms with Crippen molar-refractivity contribution in [2.45, 2.75) is 6.54 Å². The molecule has 0 radical (unpaired) electrons. The summed E-state index contributed by atoms with van der Waals surface area (Å²) in [5.41, 5.74) is 1.70. The Morgan fingerprint density at radius 3 is 2.59 bits per heavy atom. The third kappa shape index (κ3) is 4.53. The van der Waals surface area contributed by atoms with E-state index in [0.717, 1.165) is 18.8 Å². The number of anilines is 1. The molecule has 1 aliphatic rings. The number of halogens is 1. The van der Waals surface area contributed by atoms with Gasteiger partial charge >= 0.3 is 0 Å². The number of piperazine rings is 1. The normalized spacial score (nSPS) is 14.8. The Morgan fingerprint density at radius 1 is 1.26 bits per heavy atom. The number of nitrogens with zero attached hydrogens (tertiary/aromatic N) is 4. The molecule has 0 atom stereocenters. The largest absolute Gasteiger partial charge is 0.363 e. The third-order valence-electron chi connectivity index (χ3n) is 4.55. The fourth-order valence-corrected chi connectivity index (χ4v) is 3.21. The van der Waals surface area contributed by atoms with Crippen molar-refractivity contribution in [3.05, 3.63) is 62.9 Å². The van der Waals surface area contributed by atoms with Crippen molar-refractivity contribution in [3.63, 3.8) is 0 Å². The predicted octanol–water partition coefficient (Wildman–Crippen LogP) is 2.33. The molecule has 1 N–H and O–H groups in total. The van der Waals surface area contributed by atoms with Gasteiger partial charge in [0.1, 0.15) is 5.69 Å². The van der Waals surface area contributed by atoms with Gasteiger partial charge in [0.05, 0.1) is 15.6 Å². The Labute approximate surface area is 161 Å². The zero-order chi connectivity index (χ0) is 19.4. The average Bonchev–Trinajstić information content (AvgIpc) is 2.69. The molecule has 0 saturated carbocycles. The average molecular weight is 390 g/mol. The molecule has 1 amide bonds. The van der Waals surface area contributed by atoms with Crippen LogP contribution in [0.15, 0.2) is 36.5 Å². The number of hydrogen-bond donors (Lipinski definition) is 1. The maximum Gasteiger partial charge on any atom is 0.293 e. The lowest BCUT2D eigenvalue weighted by molar-refractivity contribution is -0.384. The Kier molecular flexibility index (Phi) is 5.88. The van der Waals surface area contributed by atoms with Crippen LogP contribution in [0.3, 0.4) is 0 Å². The summed E-state index contributed by atoms with van der Waals surface area (Å²) in [5, 5.41) is 14.6. The number of nitro benzene ring substituents is 1. The molecular formula is C18H20ClN5O3. The quantitative estimate of drug-likeness (QED) is 0.623. The van der Waals surface area contributed by atoms with Crippen LogP contribution in [0.4, 0.5) is 11.4 Å².